The number of ketones is 1. The zero-order chi connectivity index (χ0) is 17.9. The van der Waals surface area contributed by atoms with Crippen LogP contribution in [0.4, 0.5) is 13.2 Å². The molecule has 2 rings (SSSR count). The summed E-state index contributed by atoms with van der Waals surface area (Å²) in [6, 6.07) is 3.94. The molecule has 1 aromatic rings. The fraction of sp³-hybridized carbons (Fsp3) is 0.643. The average molecular weight is 374 g/mol. The van der Waals surface area contributed by atoms with E-state index < -0.39 is 15.6 Å². The smallest absolute Gasteiger partial charge is 0.300 e. The van der Waals surface area contributed by atoms with Crippen molar-refractivity contribution in [3.63, 3.8) is 0 Å². The molecule has 0 spiro atoms. The molecule has 23 heavy (non-hydrogen) atoms. The molecule has 0 atom stereocenters. The lowest BCUT2D eigenvalue weighted by molar-refractivity contribution is -0.116. The van der Waals surface area contributed by atoms with Crippen LogP contribution in [0.1, 0.15) is 50.3 Å². The van der Waals surface area contributed by atoms with Crippen LogP contribution in [0.5, 0.6) is 0 Å². The summed E-state index contributed by atoms with van der Waals surface area (Å²) in [6.07, 6.45) is 9.59. The maximum atomic E-state index is 10.7. The molecule has 4 nitrogen and oxygen atoms in total. The monoisotopic (exact) mass is 374 g/mol. The van der Waals surface area contributed by atoms with Gasteiger partial charge >= 0.3 is 15.6 Å². The highest BCUT2D eigenvalue weighted by atomic mass is 32.2. The van der Waals surface area contributed by atoms with Gasteiger partial charge in [-0.3, -0.25) is 9.35 Å². The van der Waals surface area contributed by atoms with Crippen LogP contribution in [0.2, 0.25) is 0 Å². The van der Waals surface area contributed by atoms with E-state index >= 15 is 0 Å². The Bertz CT molecular complexity index is 521. The summed E-state index contributed by atoms with van der Waals surface area (Å²) in [5.41, 5.74) is -5.53. The number of thiophene rings is 1. The molecular weight excluding hydrogens is 353 g/mol. The van der Waals surface area contributed by atoms with Gasteiger partial charge < -0.3 is 0 Å². The van der Waals surface area contributed by atoms with Crippen molar-refractivity contribution in [2.45, 2.75) is 57.4 Å². The van der Waals surface area contributed by atoms with Crippen LogP contribution >= 0.6 is 11.3 Å². The quantitative estimate of drug-likeness (QED) is 0.606. The fourth-order valence-corrected chi connectivity index (χ4v) is 2.49. The lowest BCUT2D eigenvalue weighted by atomic mass is 10.0. The Morgan fingerprint density at radius 2 is 1.57 bits per heavy atom. The molecule has 0 aromatic carbocycles. The van der Waals surface area contributed by atoms with E-state index in [1.54, 1.807) is 18.3 Å². The van der Waals surface area contributed by atoms with Crippen LogP contribution in [0, 0.1) is 0 Å². The number of rotatable bonds is 2. The molecule has 1 N–H and O–H groups in total. The van der Waals surface area contributed by atoms with Crippen LogP contribution in [0.15, 0.2) is 17.5 Å². The molecular formula is C14H21F3O4S2. The van der Waals surface area contributed by atoms with Crippen molar-refractivity contribution in [3.05, 3.63) is 22.4 Å². The Kier molecular flexibility index (Phi) is 10.3. The molecule has 0 bridgehead atoms. The van der Waals surface area contributed by atoms with Gasteiger partial charge in [-0.05, 0) is 18.4 Å². The Morgan fingerprint density at radius 1 is 1.17 bits per heavy atom. The molecule has 1 aliphatic rings. The van der Waals surface area contributed by atoms with E-state index in [4.69, 9.17) is 13.0 Å². The minimum Gasteiger partial charge on any atom is -0.300 e. The molecule has 1 aromatic heterocycles. The van der Waals surface area contributed by atoms with Gasteiger partial charge in [0.15, 0.2) is 0 Å². The predicted molar refractivity (Wildman–Crippen MR) is 84.0 cm³/mol. The Hall–Kier alpha value is -0.930. The van der Waals surface area contributed by atoms with Gasteiger partial charge in [-0.15, -0.1) is 11.3 Å². The maximum Gasteiger partial charge on any atom is 0.522 e. The van der Waals surface area contributed by atoms with E-state index in [0.29, 0.717) is 6.42 Å². The molecule has 1 aliphatic carbocycles. The number of hydrogen-bond donors (Lipinski definition) is 1. The van der Waals surface area contributed by atoms with Gasteiger partial charge in [-0.25, -0.2) is 0 Å². The third kappa shape index (κ3) is 12.2. The first-order valence-corrected chi connectivity index (χ1v) is 9.41. The molecule has 0 amide bonds. The van der Waals surface area contributed by atoms with E-state index in [1.807, 2.05) is 17.5 Å². The first kappa shape index (κ1) is 22.1. The summed E-state index contributed by atoms with van der Waals surface area (Å²) in [6.45, 7) is 1.61. The Labute approximate surface area is 138 Å². The minimum absolute atomic E-state index is 0.234. The van der Waals surface area contributed by atoms with Crippen molar-refractivity contribution >= 4 is 27.2 Å². The average Bonchev–Trinajstić information content (AvgIpc) is 2.92. The maximum absolute atomic E-state index is 10.7. The third-order valence-electron chi connectivity index (χ3n) is 2.80. The van der Waals surface area contributed by atoms with Gasteiger partial charge in [0.2, 0.25) is 0 Å². The van der Waals surface area contributed by atoms with E-state index in [1.165, 1.54) is 38.5 Å². The lowest BCUT2D eigenvalue weighted by Crippen LogP contribution is -2.21. The number of Topliss-reactive ketones (excluding diaryl/α,β-unsaturated/α-hetero) is 1. The van der Waals surface area contributed by atoms with Crippen molar-refractivity contribution in [1.82, 2.24) is 0 Å². The number of carbonyl (C=O) groups excluding carboxylic acids is 1. The Morgan fingerprint density at radius 3 is 1.78 bits per heavy atom. The summed E-state index contributed by atoms with van der Waals surface area (Å²) >= 11 is 1.63. The van der Waals surface area contributed by atoms with E-state index in [9.17, 15) is 18.0 Å². The second-order valence-corrected chi connectivity index (χ2v) is 7.45. The second kappa shape index (κ2) is 10.8. The number of halogens is 3. The summed E-state index contributed by atoms with van der Waals surface area (Å²) in [5.74, 6) is 0.234. The van der Waals surface area contributed by atoms with Crippen LogP contribution in [-0.2, 0) is 21.3 Å². The highest BCUT2D eigenvalue weighted by Gasteiger charge is 2.44. The van der Waals surface area contributed by atoms with Crippen molar-refractivity contribution in [2.24, 2.45) is 0 Å². The zero-order valence-corrected chi connectivity index (χ0v) is 14.4. The van der Waals surface area contributed by atoms with Gasteiger partial charge in [0.1, 0.15) is 5.78 Å². The molecule has 1 fully saturated rings. The predicted octanol–water partition coefficient (Wildman–Crippen LogP) is 4.61. The summed E-state index contributed by atoms with van der Waals surface area (Å²) in [4.78, 5) is 11.7. The summed E-state index contributed by atoms with van der Waals surface area (Å²) in [7, 11) is -5.84. The third-order valence-corrected chi connectivity index (χ3v) is 4.26. The zero-order valence-electron chi connectivity index (χ0n) is 12.8. The normalized spacial score (nSPS) is 14.8. The largest absolute Gasteiger partial charge is 0.522 e. The molecule has 1 heterocycles. The van der Waals surface area contributed by atoms with Crippen LogP contribution in [-0.4, -0.2) is 24.3 Å². The van der Waals surface area contributed by atoms with Crippen LogP contribution < -0.4 is 0 Å². The molecule has 1 saturated carbocycles. The second-order valence-electron chi connectivity index (χ2n) is 5.00. The molecule has 0 unspecified atom stereocenters. The van der Waals surface area contributed by atoms with Crippen molar-refractivity contribution in [2.75, 3.05) is 0 Å². The molecule has 0 aliphatic heterocycles. The molecule has 0 saturated heterocycles. The lowest BCUT2D eigenvalue weighted by Gasteiger charge is -2.05. The standard InChI is InChI=1S/C7H8OS.C6H12.CHF3O3S/c1-6(8)5-7-3-2-4-9-7;1-2-4-6-5-3-1;2-1(3,4)8(5,6)7/h2-4H,5H2,1H3;1-6H2;(H,5,6,7). The SMILES string of the molecule is C1CCCCC1.CC(=O)Cc1cccs1.O=S(=O)(O)C(F)(F)F. The van der Waals surface area contributed by atoms with Crippen molar-refractivity contribution in [1.29, 1.82) is 0 Å². The first-order valence-electron chi connectivity index (χ1n) is 7.09. The Balaban J connectivity index is 0.000000322. The van der Waals surface area contributed by atoms with Gasteiger partial charge in [0, 0.05) is 11.3 Å². The van der Waals surface area contributed by atoms with E-state index in [0.717, 1.165) is 4.88 Å². The van der Waals surface area contributed by atoms with Crippen molar-refractivity contribution < 1.29 is 30.9 Å². The van der Waals surface area contributed by atoms with E-state index in [2.05, 4.69) is 0 Å². The highest BCUT2D eigenvalue weighted by molar-refractivity contribution is 7.86. The summed E-state index contributed by atoms with van der Waals surface area (Å²) in [5, 5.41) is 1.98. The highest BCUT2D eigenvalue weighted by Crippen LogP contribution is 2.20. The molecule has 134 valence electrons. The van der Waals surface area contributed by atoms with Gasteiger partial charge in [-0.1, -0.05) is 44.6 Å². The van der Waals surface area contributed by atoms with Gasteiger partial charge in [-0.2, -0.15) is 21.6 Å². The van der Waals surface area contributed by atoms with Gasteiger partial charge in [0.25, 0.3) is 0 Å². The minimum atomic E-state index is -5.84. The van der Waals surface area contributed by atoms with Crippen LogP contribution in [0.25, 0.3) is 0 Å². The van der Waals surface area contributed by atoms with Gasteiger partial charge in [0.05, 0.1) is 0 Å². The first-order chi connectivity index (χ1) is 10.5. The van der Waals surface area contributed by atoms with E-state index in [-0.39, 0.29) is 5.78 Å². The molecule has 0 radical (unpaired) electrons. The number of alkyl halides is 3. The fourth-order valence-electron chi connectivity index (χ4n) is 1.72. The van der Waals surface area contributed by atoms with Crippen LogP contribution in [0.3, 0.4) is 0 Å². The molecule has 9 heteroatoms. The van der Waals surface area contributed by atoms with Crippen molar-refractivity contribution in [3.8, 4) is 0 Å². The number of carbonyl (C=O) groups is 1. The summed E-state index contributed by atoms with van der Waals surface area (Å²) < 4.78 is 57.5. The number of hydrogen-bond acceptors (Lipinski definition) is 4. The topological polar surface area (TPSA) is 71.4 Å².